The second-order valence-corrected chi connectivity index (χ2v) is 4.60. The molecule has 0 radical (unpaired) electrons. The molecule has 0 saturated carbocycles. The molecule has 92 valence electrons. The van der Waals surface area contributed by atoms with Gasteiger partial charge in [-0.3, -0.25) is 0 Å². The number of pyridine rings is 1. The van der Waals surface area contributed by atoms with E-state index in [0.29, 0.717) is 17.0 Å². The Morgan fingerprint density at radius 2 is 2.41 bits per heavy atom. The first-order valence-corrected chi connectivity index (χ1v) is 6.17. The lowest BCUT2D eigenvalue weighted by atomic mass is 10.1. The Hall–Kier alpha value is -1.29. The van der Waals surface area contributed by atoms with Crippen molar-refractivity contribution in [2.75, 3.05) is 11.4 Å². The largest absolute Gasteiger partial charge is 0.478 e. The standard InChI is InChI=1S/C12H15ClN2O2/c1-2-8-4-3-7-15(8)11-9(12(16)17)5-6-10(13)14-11/h5-6,8H,2-4,7H2,1H3,(H,16,17). The lowest BCUT2D eigenvalue weighted by molar-refractivity contribution is 0.0697. The van der Waals surface area contributed by atoms with Crippen LogP contribution in [-0.4, -0.2) is 28.6 Å². The molecule has 1 saturated heterocycles. The smallest absolute Gasteiger partial charge is 0.339 e. The summed E-state index contributed by atoms with van der Waals surface area (Å²) in [6.07, 6.45) is 3.16. The van der Waals surface area contributed by atoms with Crippen LogP contribution in [0, 0.1) is 0 Å². The highest BCUT2D eigenvalue weighted by atomic mass is 35.5. The van der Waals surface area contributed by atoms with Crippen molar-refractivity contribution < 1.29 is 9.90 Å². The van der Waals surface area contributed by atoms with E-state index in [9.17, 15) is 4.79 Å². The van der Waals surface area contributed by atoms with Crippen molar-refractivity contribution in [3.05, 3.63) is 22.8 Å². The third-order valence-corrected chi connectivity index (χ3v) is 3.40. The van der Waals surface area contributed by atoms with Gasteiger partial charge in [-0.15, -0.1) is 0 Å². The Kier molecular flexibility index (Phi) is 3.52. The molecular weight excluding hydrogens is 240 g/mol. The number of hydrogen-bond acceptors (Lipinski definition) is 3. The Balaban J connectivity index is 2.42. The summed E-state index contributed by atoms with van der Waals surface area (Å²) in [6, 6.07) is 3.42. The van der Waals surface area contributed by atoms with E-state index in [1.54, 1.807) is 0 Å². The lowest BCUT2D eigenvalue weighted by Crippen LogP contribution is -2.30. The van der Waals surface area contributed by atoms with Gasteiger partial charge in [-0.1, -0.05) is 18.5 Å². The van der Waals surface area contributed by atoms with E-state index in [0.717, 1.165) is 25.8 Å². The Bertz CT molecular complexity index is 437. The topological polar surface area (TPSA) is 53.4 Å². The number of nitrogens with zero attached hydrogens (tertiary/aromatic N) is 2. The zero-order valence-electron chi connectivity index (χ0n) is 9.69. The van der Waals surface area contributed by atoms with Crippen molar-refractivity contribution in [2.45, 2.75) is 32.2 Å². The summed E-state index contributed by atoms with van der Waals surface area (Å²) in [4.78, 5) is 17.4. The molecule has 5 heteroatoms. The molecule has 0 amide bonds. The maximum atomic E-state index is 11.2. The molecule has 1 aliphatic rings. The number of carboxylic acid groups (broad SMARTS) is 1. The van der Waals surface area contributed by atoms with E-state index < -0.39 is 5.97 Å². The fraction of sp³-hybridized carbons (Fsp3) is 0.500. The maximum absolute atomic E-state index is 11.2. The number of aromatic carboxylic acids is 1. The van der Waals surface area contributed by atoms with Gasteiger partial charge in [0.15, 0.2) is 0 Å². The average Bonchev–Trinajstić information content (AvgIpc) is 2.76. The number of aromatic nitrogens is 1. The SMILES string of the molecule is CCC1CCCN1c1nc(Cl)ccc1C(=O)O. The second-order valence-electron chi connectivity index (χ2n) is 4.21. The molecule has 1 atom stereocenters. The van der Waals surface area contributed by atoms with Crippen LogP contribution in [0.15, 0.2) is 12.1 Å². The third-order valence-electron chi connectivity index (χ3n) is 3.19. The number of carbonyl (C=O) groups is 1. The van der Waals surface area contributed by atoms with E-state index in [1.807, 2.05) is 0 Å². The van der Waals surface area contributed by atoms with Crippen LogP contribution in [0.2, 0.25) is 5.15 Å². The van der Waals surface area contributed by atoms with Crippen molar-refractivity contribution in [1.82, 2.24) is 4.98 Å². The average molecular weight is 255 g/mol. The molecule has 0 aromatic carbocycles. The molecule has 2 heterocycles. The van der Waals surface area contributed by atoms with Crippen molar-refractivity contribution in [1.29, 1.82) is 0 Å². The summed E-state index contributed by atoms with van der Waals surface area (Å²) in [7, 11) is 0. The van der Waals surface area contributed by atoms with Gasteiger partial charge < -0.3 is 10.0 Å². The molecular formula is C12H15ClN2O2. The van der Waals surface area contributed by atoms with E-state index in [2.05, 4.69) is 16.8 Å². The molecule has 1 N–H and O–H groups in total. The van der Waals surface area contributed by atoms with Gasteiger partial charge >= 0.3 is 5.97 Å². The highest BCUT2D eigenvalue weighted by Crippen LogP contribution is 2.29. The summed E-state index contributed by atoms with van der Waals surface area (Å²) in [6.45, 7) is 2.96. The van der Waals surface area contributed by atoms with Crippen molar-refractivity contribution in [2.24, 2.45) is 0 Å². The minimum atomic E-state index is -0.953. The second kappa shape index (κ2) is 4.92. The summed E-state index contributed by atoms with van der Waals surface area (Å²) in [5.41, 5.74) is 0.231. The van der Waals surface area contributed by atoms with Gasteiger partial charge in [-0.05, 0) is 31.4 Å². The quantitative estimate of drug-likeness (QED) is 0.843. The molecule has 0 spiro atoms. The van der Waals surface area contributed by atoms with E-state index >= 15 is 0 Å². The fourth-order valence-corrected chi connectivity index (χ4v) is 2.49. The van der Waals surface area contributed by atoms with Crippen molar-refractivity contribution >= 4 is 23.4 Å². The maximum Gasteiger partial charge on any atom is 0.339 e. The van der Waals surface area contributed by atoms with Gasteiger partial charge in [-0.25, -0.2) is 9.78 Å². The fourth-order valence-electron chi connectivity index (χ4n) is 2.35. The zero-order valence-corrected chi connectivity index (χ0v) is 10.4. The minimum Gasteiger partial charge on any atom is -0.478 e. The van der Waals surface area contributed by atoms with Gasteiger partial charge in [0.05, 0.1) is 0 Å². The Morgan fingerprint density at radius 3 is 3.06 bits per heavy atom. The van der Waals surface area contributed by atoms with Gasteiger partial charge in [0.1, 0.15) is 16.5 Å². The van der Waals surface area contributed by atoms with Gasteiger partial charge in [0, 0.05) is 12.6 Å². The molecule has 1 aliphatic heterocycles. The number of rotatable bonds is 3. The predicted molar refractivity (Wildman–Crippen MR) is 66.9 cm³/mol. The van der Waals surface area contributed by atoms with Crippen LogP contribution in [0.5, 0.6) is 0 Å². The first-order chi connectivity index (χ1) is 8.13. The first kappa shape index (κ1) is 12.2. The third kappa shape index (κ3) is 2.36. The minimum absolute atomic E-state index is 0.231. The summed E-state index contributed by atoms with van der Waals surface area (Å²) < 4.78 is 0. The lowest BCUT2D eigenvalue weighted by Gasteiger charge is -2.26. The number of halogens is 1. The Labute approximate surface area is 105 Å². The van der Waals surface area contributed by atoms with Crippen LogP contribution >= 0.6 is 11.6 Å². The molecule has 2 rings (SSSR count). The van der Waals surface area contributed by atoms with Gasteiger partial charge in [0.25, 0.3) is 0 Å². The van der Waals surface area contributed by atoms with Crippen LogP contribution < -0.4 is 4.90 Å². The molecule has 1 aromatic rings. The molecule has 1 aromatic heterocycles. The predicted octanol–water partition coefficient (Wildman–Crippen LogP) is 2.81. The van der Waals surface area contributed by atoms with Crippen LogP contribution in [0.1, 0.15) is 36.5 Å². The molecule has 0 bridgehead atoms. The van der Waals surface area contributed by atoms with Crippen LogP contribution in [0.4, 0.5) is 5.82 Å². The van der Waals surface area contributed by atoms with E-state index in [1.165, 1.54) is 12.1 Å². The highest BCUT2D eigenvalue weighted by Gasteiger charge is 2.27. The number of carboxylic acids is 1. The van der Waals surface area contributed by atoms with E-state index in [-0.39, 0.29) is 5.56 Å². The molecule has 4 nitrogen and oxygen atoms in total. The molecule has 1 unspecified atom stereocenters. The van der Waals surface area contributed by atoms with Crippen molar-refractivity contribution in [3.8, 4) is 0 Å². The number of hydrogen-bond donors (Lipinski definition) is 1. The first-order valence-electron chi connectivity index (χ1n) is 5.80. The van der Waals surface area contributed by atoms with Gasteiger partial charge in [-0.2, -0.15) is 0 Å². The van der Waals surface area contributed by atoms with Gasteiger partial charge in [0.2, 0.25) is 0 Å². The Morgan fingerprint density at radius 1 is 1.65 bits per heavy atom. The summed E-state index contributed by atoms with van der Waals surface area (Å²) >= 11 is 5.86. The molecule has 0 aliphatic carbocycles. The van der Waals surface area contributed by atoms with Crippen LogP contribution in [-0.2, 0) is 0 Å². The van der Waals surface area contributed by atoms with E-state index in [4.69, 9.17) is 16.7 Å². The monoisotopic (exact) mass is 254 g/mol. The zero-order chi connectivity index (χ0) is 12.4. The highest BCUT2D eigenvalue weighted by molar-refractivity contribution is 6.29. The molecule has 1 fully saturated rings. The summed E-state index contributed by atoms with van der Waals surface area (Å²) in [5, 5.41) is 9.51. The summed E-state index contributed by atoms with van der Waals surface area (Å²) in [5.74, 6) is -0.444. The number of anilines is 1. The molecule has 17 heavy (non-hydrogen) atoms. The van der Waals surface area contributed by atoms with Crippen molar-refractivity contribution in [3.63, 3.8) is 0 Å². The normalized spacial score (nSPS) is 19.6. The van der Waals surface area contributed by atoms with Crippen LogP contribution in [0.3, 0.4) is 0 Å². The van der Waals surface area contributed by atoms with Crippen LogP contribution in [0.25, 0.3) is 0 Å².